The van der Waals surface area contributed by atoms with Crippen LogP contribution in [0, 0.1) is 12.8 Å². The Bertz CT molecular complexity index is 844. The van der Waals surface area contributed by atoms with E-state index < -0.39 is 15.8 Å². The molecule has 126 valence electrons. The molecule has 1 amide bonds. The fraction of sp³-hybridized carbons (Fsp3) is 0.278. The highest BCUT2D eigenvalue weighted by atomic mass is 32.2. The number of benzene rings is 2. The molecule has 1 heterocycles. The second kappa shape index (κ2) is 6.65. The number of sulfone groups is 1. The summed E-state index contributed by atoms with van der Waals surface area (Å²) in [6.07, 6.45) is 0.392. The lowest BCUT2D eigenvalue weighted by atomic mass is 10.1. The highest BCUT2D eigenvalue weighted by Crippen LogP contribution is 2.25. The Hall–Kier alpha value is -2.34. The van der Waals surface area contributed by atoms with E-state index in [1.807, 2.05) is 31.2 Å². The molecule has 0 bridgehead atoms. The van der Waals surface area contributed by atoms with E-state index in [2.05, 4.69) is 5.32 Å². The van der Waals surface area contributed by atoms with Crippen molar-refractivity contribution in [3.8, 4) is 11.5 Å². The van der Waals surface area contributed by atoms with Crippen molar-refractivity contribution < 1.29 is 17.9 Å². The van der Waals surface area contributed by atoms with Gasteiger partial charge in [0, 0.05) is 5.69 Å². The highest BCUT2D eigenvalue weighted by molar-refractivity contribution is 7.91. The Morgan fingerprint density at radius 2 is 1.88 bits per heavy atom. The van der Waals surface area contributed by atoms with Gasteiger partial charge >= 0.3 is 0 Å². The van der Waals surface area contributed by atoms with E-state index in [9.17, 15) is 13.2 Å². The minimum atomic E-state index is -3.06. The smallest absolute Gasteiger partial charge is 0.228 e. The Balaban J connectivity index is 1.61. The van der Waals surface area contributed by atoms with E-state index in [4.69, 9.17) is 4.74 Å². The lowest BCUT2D eigenvalue weighted by molar-refractivity contribution is -0.119. The molecule has 2 aromatic rings. The standard InChI is InChI=1S/C18H19NO4S/c1-13-3-2-4-17(11-13)23-16-7-5-15(6-8-16)19-18(20)14-9-10-24(21,22)12-14/h2-8,11,14H,9-10,12H2,1H3,(H,19,20). The van der Waals surface area contributed by atoms with Gasteiger partial charge in [-0.2, -0.15) is 0 Å². The Kier molecular flexibility index (Phi) is 4.57. The molecule has 0 aliphatic carbocycles. The normalized spacial score (nSPS) is 19.0. The zero-order valence-corrected chi connectivity index (χ0v) is 14.2. The fourth-order valence-corrected chi connectivity index (χ4v) is 4.41. The number of hydrogen-bond donors (Lipinski definition) is 1. The van der Waals surface area contributed by atoms with E-state index in [1.165, 1.54) is 0 Å². The van der Waals surface area contributed by atoms with Crippen LogP contribution in [0.1, 0.15) is 12.0 Å². The van der Waals surface area contributed by atoms with Crippen molar-refractivity contribution in [1.29, 1.82) is 0 Å². The number of nitrogens with one attached hydrogen (secondary N) is 1. The minimum absolute atomic E-state index is 0.0621. The van der Waals surface area contributed by atoms with Crippen molar-refractivity contribution in [2.75, 3.05) is 16.8 Å². The van der Waals surface area contributed by atoms with Crippen LogP contribution in [0.4, 0.5) is 5.69 Å². The number of anilines is 1. The number of hydrogen-bond acceptors (Lipinski definition) is 4. The largest absolute Gasteiger partial charge is 0.457 e. The van der Waals surface area contributed by atoms with Crippen LogP contribution in [0.2, 0.25) is 0 Å². The number of carbonyl (C=O) groups excluding carboxylic acids is 1. The molecule has 0 saturated carbocycles. The number of aryl methyl sites for hydroxylation is 1. The quantitative estimate of drug-likeness (QED) is 0.924. The highest BCUT2D eigenvalue weighted by Gasteiger charge is 2.32. The minimum Gasteiger partial charge on any atom is -0.457 e. The van der Waals surface area contributed by atoms with Gasteiger partial charge in [-0.3, -0.25) is 4.79 Å². The maximum atomic E-state index is 12.1. The number of amides is 1. The molecule has 6 heteroatoms. The van der Waals surface area contributed by atoms with Crippen LogP contribution in [0.5, 0.6) is 11.5 Å². The predicted molar refractivity (Wildman–Crippen MR) is 93.1 cm³/mol. The first-order valence-electron chi connectivity index (χ1n) is 7.77. The Labute approximate surface area is 141 Å². The summed E-state index contributed by atoms with van der Waals surface area (Å²) in [5.74, 6) is 0.744. The van der Waals surface area contributed by atoms with Crippen molar-refractivity contribution in [2.45, 2.75) is 13.3 Å². The van der Waals surface area contributed by atoms with Gasteiger partial charge in [0.05, 0.1) is 17.4 Å². The van der Waals surface area contributed by atoms with Gasteiger partial charge in [-0.05, 0) is 55.3 Å². The summed E-state index contributed by atoms with van der Waals surface area (Å²) in [6.45, 7) is 1.99. The maximum absolute atomic E-state index is 12.1. The van der Waals surface area contributed by atoms with Gasteiger partial charge in [-0.25, -0.2) is 8.42 Å². The molecule has 5 nitrogen and oxygen atoms in total. The molecule has 1 aliphatic heterocycles. The SMILES string of the molecule is Cc1cccc(Oc2ccc(NC(=O)C3CCS(=O)(=O)C3)cc2)c1. The van der Waals surface area contributed by atoms with E-state index in [0.29, 0.717) is 17.9 Å². The van der Waals surface area contributed by atoms with Gasteiger partial charge in [-0.1, -0.05) is 12.1 Å². The second-order valence-corrected chi connectivity index (χ2v) is 8.26. The summed E-state index contributed by atoms with van der Waals surface area (Å²) in [5.41, 5.74) is 1.74. The van der Waals surface area contributed by atoms with Gasteiger partial charge < -0.3 is 10.1 Å². The predicted octanol–water partition coefficient (Wildman–Crippen LogP) is 3.16. The third-order valence-electron chi connectivity index (χ3n) is 3.95. The van der Waals surface area contributed by atoms with Crippen molar-refractivity contribution in [1.82, 2.24) is 0 Å². The van der Waals surface area contributed by atoms with Crippen molar-refractivity contribution in [2.24, 2.45) is 5.92 Å². The lowest BCUT2D eigenvalue weighted by Gasteiger charge is -2.11. The average molecular weight is 345 g/mol. The van der Waals surface area contributed by atoms with Crippen molar-refractivity contribution >= 4 is 21.4 Å². The van der Waals surface area contributed by atoms with Crippen molar-refractivity contribution in [3.63, 3.8) is 0 Å². The third kappa shape index (κ3) is 4.14. The molecule has 1 atom stereocenters. The third-order valence-corrected chi connectivity index (χ3v) is 5.72. The molecule has 1 saturated heterocycles. The maximum Gasteiger partial charge on any atom is 0.228 e. The first-order chi connectivity index (χ1) is 11.4. The molecule has 1 fully saturated rings. The second-order valence-electron chi connectivity index (χ2n) is 6.03. The number of carbonyl (C=O) groups is 1. The van der Waals surface area contributed by atoms with Gasteiger partial charge in [0.2, 0.25) is 5.91 Å². The van der Waals surface area contributed by atoms with Gasteiger partial charge in [0.25, 0.3) is 0 Å². The van der Waals surface area contributed by atoms with Crippen LogP contribution in [-0.2, 0) is 14.6 Å². The summed E-state index contributed by atoms with van der Waals surface area (Å²) in [5, 5.41) is 2.76. The molecule has 0 spiro atoms. The first-order valence-corrected chi connectivity index (χ1v) is 9.59. The first kappa shape index (κ1) is 16.5. The van der Waals surface area contributed by atoms with Crippen molar-refractivity contribution in [3.05, 3.63) is 54.1 Å². The van der Waals surface area contributed by atoms with Crippen LogP contribution in [0.3, 0.4) is 0 Å². The molecule has 2 aromatic carbocycles. The van der Waals surface area contributed by atoms with E-state index in [0.717, 1.165) is 11.3 Å². The van der Waals surface area contributed by atoms with Gasteiger partial charge in [0.15, 0.2) is 9.84 Å². The topological polar surface area (TPSA) is 72.5 Å². The average Bonchev–Trinajstić information content (AvgIpc) is 2.90. The molecule has 0 aromatic heterocycles. The number of ether oxygens (including phenoxy) is 1. The van der Waals surface area contributed by atoms with Crippen LogP contribution in [0.25, 0.3) is 0 Å². The lowest BCUT2D eigenvalue weighted by Crippen LogP contribution is -2.23. The molecule has 24 heavy (non-hydrogen) atoms. The van der Waals surface area contributed by atoms with Gasteiger partial charge in [-0.15, -0.1) is 0 Å². The summed E-state index contributed by atoms with van der Waals surface area (Å²) < 4.78 is 28.6. The zero-order valence-electron chi connectivity index (χ0n) is 13.4. The molecule has 3 rings (SSSR count). The van der Waals surface area contributed by atoms with Crippen LogP contribution < -0.4 is 10.1 Å². The summed E-state index contributed by atoms with van der Waals surface area (Å²) in [7, 11) is -3.06. The summed E-state index contributed by atoms with van der Waals surface area (Å²) >= 11 is 0. The number of rotatable bonds is 4. The molecular formula is C18H19NO4S. The Morgan fingerprint density at radius 3 is 2.50 bits per heavy atom. The molecular weight excluding hydrogens is 326 g/mol. The van der Waals surface area contributed by atoms with E-state index in [-0.39, 0.29) is 17.4 Å². The van der Waals surface area contributed by atoms with E-state index >= 15 is 0 Å². The summed E-state index contributed by atoms with van der Waals surface area (Å²) in [4.78, 5) is 12.1. The van der Waals surface area contributed by atoms with Gasteiger partial charge in [0.1, 0.15) is 11.5 Å². The van der Waals surface area contributed by atoms with Crippen LogP contribution in [0.15, 0.2) is 48.5 Å². The fourth-order valence-electron chi connectivity index (χ4n) is 2.67. The molecule has 1 aliphatic rings. The van der Waals surface area contributed by atoms with E-state index in [1.54, 1.807) is 24.3 Å². The zero-order chi connectivity index (χ0) is 17.2. The molecule has 1 N–H and O–H groups in total. The summed E-state index contributed by atoms with van der Waals surface area (Å²) in [6, 6.07) is 14.8. The molecule has 1 unspecified atom stereocenters. The molecule has 0 radical (unpaired) electrons. The van der Waals surface area contributed by atoms with Crippen LogP contribution >= 0.6 is 0 Å². The Morgan fingerprint density at radius 1 is 1.12 bits per heavy atom. The monoisotopic (exact) mass is 345 g/mol. The van der Waals surface area contributed by atoms with Crippen LogP contribution in [-0.4, -0.2) is 25.8 Å².